The summed E-state index contributed by atoms with van der Waals surface area (Å²) in [6.07, 6.45) is 1.48. The standard InChI is InChI=1S/C23H16FIN2O3/c24-18-3-1-2-16(11-18)14-30-22-9-4-15(12-21(22)25)10-17(13-26)23(29)27-19-5-7-20(28)8-6-19/h1-12,28H,14H2,(H,27,29)/b17-10+. The maximum Gasteiger partial charge on any atom is 0.266 e. The molecule has 0 fully saturated rings. The van der Waals surface area contributed by atoms with Crippen molar-refractivity contribution >= 4 is 40.3 Å². The maximum atomic E-state index is 13.3. The van der Waals surface area contributed by atoms with Crippen LogP contribution in [0, 0.1) is 20.7 Å². The monoisotopic (exact) mass is 514 g/mol. The van der Waals surface area contributed by atoms with E-state index >= 15 is 0 Å². The number of hydrogen-bond donors (Lipinski definition) is 2. The quantitative estimate of drug-likeness (QED) is 0.204. The molecule has 150 valence electrons. The number of nitrogens with zero attached hydrogens (tertiary/aromatic N) is 1. The molecule has 3 aromatic rings. The number of halogens is 2. The highest BCUT2D eigenvalue weighted by atomic mass is 127. The van der Waals surface area contributed by atoms with Gasteiger partial charge >= 0.3 is 0 Å². The molecule has 2 N–H and O–H groups in total. The molecule has 0 heterocycles. The first-order valence-electron chi connectivity index (χ1n) is 8.83. The number of benzene rings is 3. The Morgan fingerprint density at radius 3 is 2.60 bits per heavy atom. The Morgan fingerprint density at radius 1 is 1.17 bits per heavy atom. The predicted molar refractivity (Wildman–Crippen MR) is 120 cm³/mol. The highest BCUT2D eigenvalue weighted by Gasteiger charge is 2.11. The van der Waals surface area contributed by atoms with Crippen molar-refractivity contribution in [1.82, 2.24) is 0 Å². The highest BCUT2D eigenvalue weighted by Crippen LogP contribution is 2.24. The SMILES string of the molecule is N#C/C(=C\c1ccc(OCc2cccc(F)c2)c(I)c1)C(=O)Nc1ccc(O)cc1. The Balaban J connectivity index is 1.70. The van der Waals surface area contributed by atoms with E-state index in [1.54, 1.807) is 30.3 Å². The molecular formula is C23H16FIN2O3. The molecule has 0 aromatic heterocycles. The summed E-state index contributed by atoms with van der Waals surface area (Å²) in [6, 6.07) is 19.3. The summed E-state index contributed by atoms with van der Waals surface area (Å²) >= 11 is 2.10. The van der Waals surface area contributed by atoms with Crippen LogP contribution in [0.15, 0.2) is 72.3 Å². The summed E-state index contributed by atoms with van der Waals surface area (Å²) in [4.78, 5) is 12.4. The molecule has 0 atom stereocenters. The minimum Gasteiger partial charge on any atom is -0.508 e. The average Bonchev–Trinajstić information content (AvgIpc) is 2.73. The third-order valence-electron chi connectivity index (χ3n) is 4.04. The van der Waals surface area contributed by atoms with E-state index in [-0.39, 0.29) is 23.7 Å². The maximum absolute atomic E-state index is 13.3. The summed E-state index contributed by atoms with van der Waals surface area (Å²) in [5, 5.41) is 21.3. The molecule has 0 saturated heterocycles. The minimum atomic E-state index is -0.551. The number of ether oxygens (including phenoxy) is 1. The van der Waals surface area contributed by atoms with Gasteiger partial charge in [-0.25, -0.2) is 4.39 Å². The van der Waals surface area contributed by atoms with Crippen LogP contribution in [0.4, 0.5) is 10.1 Å². The van der Waals surface area contributed by atoms with Gasteiger partial charge in [0.25, 0.3) is 5.91 Å². The third-order valence-corrected chi connectivity index (χ3v) is 4.88. The van der Waals surface area contributed by atoms with E-state index in [1.807, 2.05) is 6.07 Å². The first-order chi connectivity index (χ1) is 14.4. The molecule has 0 aliphatic heterocycles. The van der Waals surface area contributed by atoms with Gasteiger partial charge in [0.15, 0.2) is 0 Å². The van der Waals surface area contributed by atoms with Crippen molar-refractivity contribution in [1.29, 1.82) is 5.26 Å². The topological polar surface area (TPSA) is 82.3 Å². The van der Waals surface area contributed by atoms with Gasteiger partial charge in [-0.05, 0) is 88.3 Å². The molecule has 0 unspecified atom stereocenters. The molecular weight excluding hydrogens is 498 g/mol. The van der Waals surface area contributed by atoms with Crippen molar-refractivity contribution in [2.24, 2.45) is 0 Å². The van der Waals surface area contributed by atoms with Gasteiger partial charge in [0.05, 0.1) is 3.57 Å². The van der Waals surface area contributed by atoms with Crippen molar-refractivity contribution in [2.45, 2.75) is 6.61 Å². The lowest BCUT2D eigenvalue weighted by Crippen LogP contribution is -2.13. The van der Waals surface area contributed by atoms with Crippen molar-refractivity contribution in [3.05, 3.63) is 92.8 Å². The number of phenolic OH excluding ortho intramolecular Hbond substituents is 1. The number of carbonyl (C=O) groups is 1. The van der Waals surface area contributed by atoms with Crippen LogP contribution in [0.25, 0.3) is 6.08 Å². The van der Waals surface area contributed by atoms with E-state index in [4.69, 9.17) is 4.74 Å². The van der Waals surface area contributed by atoms with Gasteiger partial charge in [-0.15, -0.1) is 0 Å². The lowest BCUT2D eigenvalue weighted by atomic mass is 10.1. The number of amides is 1. The molecule has 0 aliphatic rings. The Morgan fingerprint density at radius 2 is 1.93 bits per heavy atom. The van der Waals surface area contributed by atoms with Crippen LogP contribution in [0.5, 0.6) is 11.5 Å². The Bertz CT molecular complexity index is 1140. The molecule has 7 heteroatoms. The molecule has 0 bridgehead atoms. The largest absolute Gasteiger partial charge is 0.508 e. The number of nitrogens with one attached hydrogen (secondary N) is 1. The molecule has 30 heavy (non-hydrogen) atoms. The van der Waals surface area contributed by atoms with E-state index < -0.39 is 5.91 Å². The highest BCUT2D eigenvalue weighted by molar-refractivity contribution is 14.1. The molecule has 3 aromatic carbocycles. The average molecular weight is 514 g/mol. The second kappa shape index (κ2) is 9.89. The van der Waals surface area contributed by atoms with Gasteiger partial charge < -0.3 is 15.2 Å². The zero-order valence-electron chi connectivity index (χ0n) is 15.6. The summed E-state index contributed by atoms with van der Waals surface area (Å²) in [5.41, 5.74) is 1.78. The molecule has 1 amide bonds. The lowest BCUT2D eigenvalue weighted by Gasteiger charge is -2.09. The number of nitriles is 1. The van der Waals surface area contributed by atoms with Crippen LogP contribution < -0.4 is 10.1 Å². The van der Waals surface area contributed by atoms with Gasteiger partial charge in [-0.3, -0.25) is 4.79 Å². The van der Waals surface area contributed by atoms with Crippen LogP contribution in [0.3, 0.4) is 0 Å². The normalized spacial score (nSPS) is 10.9. The molecule has 0 radical (unpaired) electrons. The summed E-state index contributed by atoms with van der Waals surface area (Å²) < 4.78 is 19.8. The van der Waals surface area contributed by atoms with E-state index in [2.05, 4.69) is 27.9 Å². The van der Waals surface area contributed by atoms with Crippen LogP contribution in [0.2, 0.25) is 0 Å². The zero-order chi connectivity index (χ0) is 21.5. The second-order valence-electron chi connectivity index (χ2n) is 6.28. The van der Waals surface area contributed by atoms with Crippen LogP contribution >= 0.6 is 22.6 Å². The van der Waals surface area contributed by atoms with Crippen LogP contribution in [-0.2, 0) is 11.4 Å². The summed E-state index contributed by atoms with van der Waals surface area (Å²) in [7, 11) is 0. The fourth-order valence-corrected chi connectivity index (χ4v) is 3.27. The minimum absolute atomic E-state index is 0.0627. The number of rotatable bonds is 6. The van der Waals surface area contributed by atoms with E-state index in [1.165, 1.54) is 42.5 Å². The van der Waals surface area contributed by atoms with E-state index in [9.17, 15) is 19.6 Å². The van der Waals surface area contributed by atoms with Crippen molar-refractivity contribution in [3.63, 3.8) is 0 Å². The summed E-state index contributed by atoms with van der Waals surface area (Å²) in [6.45, 7) is 0.224. The Labute approximate surface area is 186 Å². The smallest absolute Gasteiger partial charge is 0.266 e. The Kier molecular flexibility index (Phi) is 7.03. The third kappa shape index (κ3) is 5.81. The molecule has 5 nitrogen and oxygen atoms in total. The molecule has 0 saturated carbocycles. The van der Waals surface area contributed by atoms with Gasteiger partial charge in [-0.2, -0.15) is 5.26 Å². The number of aromatic hydroxyl groups is 1. The molecule has 3 rings (SSSR count). The van der Waals surface area contributed by atoms with Crippen LogP contribution in [0.1, 0.15) is 11.1 Å². The van der Waals surface area contributed by atoms with Crippen molar-refractivity contribution in [2.75, 3.05) is 5.32 Å². The fourth-order valence-electron chi connectivity index (χ4n) is 2.57. The fraction of sp³-hybridized carbons (Fsp3) is 0.0435. The van der Waals surface area contributed by atoms with Gasteiger partial charge in [0.1, 0.15) is 35.6 Å². The van der Waals surface area contributed by atoms with Crippen molar-refractivity contribution in [3.8, 4) is 17.6 Å². The second-order valence-corrected chi connectivity index (χ2v) is 7.44. The molecule has 0 spiro atoms. The van der Waals surface area contributed by atoms with Gasteiger partial charge in [0, 0.05) is 5.69 Å². The summed E-state index contributed by atoms with van der Waals surface area (Å²) in [5.74, 6) is -0.173. The van der Waals surface area contributed by atoms with Crippen LogP contribution in [-0.4, -0.2) is 11.0 Å². The van der Waals surface area contributed by atoms with Gasteiger partial charge in [-0.1, -0.05) is 18.2 Å². The molecule has 0 aliphatic carbocycles. The number of hydrogen-bond acceptors (Lipinski definition) is 4. The zero-order valence-corrected chi connectivity index (χ0v) is 17.8. The van der Waals surface area contributed by atoms with E-state index in [0.717, 1.165) is 3.57 Å². The van der Waals surface area contributed by atoms with Gasteiger partial charge in [0.2, 0.25) is 0 Å². The Hall–Kier alpha value is -3.38. The van der Waals surface area contributed by atoms with E-state index in [0.29, 0.717) is 22.6 Å². The number of phenols is 1. The number of anilines is 1. The lowest BCUT2D eigenvalue weighted by molar-refractivity contribution is -0.112. The predicted octanol–water partition coefficient (Wildman–Crippen LogP) is 5.26. The first kappa shape index (κ1) is 21.3. The van der Waals surface area contributed by atoms with Crippen molar-refractivity contribution < 1.29 is 19.0 Å². The first-order valence-corrected chi connectivity index (χ1v) is 9.91. The number of carbonyl (C=O) groups excluding carboxylic acids is 1.